The molecular weight excluding hydrogens is 314 g/mol. The fraction of sp³-hybridized carbons (Fsp3) is 0.462. The van der Waals surface area contributed by atoms with Crippen LogP contribution in [-0.4, -0.2) is 55.0 Å². The first-order chi connectivity index (χ1) is 9.96. The maximum Gasteiger partial charge on any atom is 0.325 e. The van der Waals surface area contributed by atoms with E-state index in [-0.39, 0.29) is 17.2 Å². The Labute approximate surface area is 128 Å². The van der Waals surface area contributed by atoms with Gasteiger partial charge in [-0.15, -0.1) is 0 Å². The van der Waals surface area contributed by atoms with E-state index < -0.39 is 22.0 Å². The van der Waals surface area contributed by atoms with Crippen molar-refractivity contribution in [2.75, 3.05) is 25.2 Å². The zero-order valence-corrected chi connectivity index (χ0v) is 13.2. The van der Waals surface area contributed by atoms with E-state index in [1.807, 2.05) is 0 Å². The molecule has 1 aliphatic rings. The third kappa shape index (κ3) is 3.50. The lowest BCUT2D eigenvalue weighted by molar-refractivity contribution is -0.144. The fourth-order valence-corrected chi connectivity index (χ4v) is 4.87. The number of carbonyl (C=O) groups is 1. The molecule has 6 nitrogen and oxygen atoms in total. The molecule has 1 fully saturated rings. The molecule has 116 valence electrons. The van der Waals surface area contributed by atoms with E-state index in [0.29, 0.717) is 12.2 Å². The predicted octanol–water partition coefficient (Wildman–Crippen LogP) is 1.06. The van der Waals surface area contributed by atoms with Crippen LogP contribution in [-0.2, 0) is 19.6 Å². The Bertz CT molecular complexity index is 599. The van der Waals surface area contributed by atoms with E-state index in [9.17, 15) is 18.3 Å². The number of carbonyl (C=O) groups excluding carboxylic acids is 1. The van der Waals surface area contributed by atoms with E-state index in [1.165, 1.54) is 47.4 Å². The van der Waals surface area contributed by atoms with Crippen LogP contribution >= 0.6 is 11.8 Å². The highest BCUT2D eigenvalue weighted by Gasteiger charge is 2.37. The number of benzene rings is 1. The second kappa shape index (κ2) is 6.67. The maximum atomic E-state index is 12.7. The van der Waals surface area contributed by atoms with Gasteiger partial charge >= 0.3 is 5.97 Å². The van der Waals surface area contributed by atoms with Gasteiger partial charge in [-0.2, -0.15) is 16.1 Å². The standard InChI is InChI=1S/C13H17NO5S2/c1-19-13(16)12-9-20-8-2-7-14(12)21(17,18)11-5-3-10(15)4-6-11/h3-6,12,15H,2,7-9H2,1H3/t12-/m1/s1. The summed E-state index contributed by atoms with van der Waals surface area (Å²) >= 11 is 1.54. The van der Waals surface area contributed by atoms with Gasteiger partial charge in [-0.3, -0.25) is 4.79 Å². The summed E-state index contributed by atoms with van der Waals surface area (Å²) in [5.41, 5.74) is 0. The van der Waals surface area contributed by atoms with Gasteiger partial charge in [-0.25, -0.2) is 8.42 Å². The van der Waals surface area contributed by atoms with Gasteiger partial charge in [-0.05, 0) is 36.4 Å². The number of phenols is 1. The van der Waals surface area contributed by atoms with Crippen molar-refractivity contribution in [1.82, 2.24) is 4.31 Å². The number of sulfonamides is 1. The average molecular weight is 331 g/mol. The van der Waals surface area contributed by atoms with E-state index >= 15 is 0 Å². The second-order valence-electron chi connectivity index (χ2n) is 4.58. The smallest absolute Gasteiger partial charge is 0.325 e. The van der Waals surface area contributed by atoms with E-state index in [0.717, 1.165) is 5.75 Å². The van der Waals surface area contributed by atoms with Crippen molar-refractivity contribution in [2.24, 2.45) is 0 Å². The summed E-state index contributed by atoms with van der Waals surface area (Å²) in [4.78, 5) is 11.9. The maximum absolute atomic E-state index is 12.7. The van der Waals surface area contributed by atoms with Gasteiger partial charge in [0.25, 0.3) is 0 Å². The minimum Gasteiger partial charge on any atom is -0.508 e. The lowest BCUT2D eigenvalue weighted by atomic mass is 10.3. The topological polar surface area (TPSA) is 83.9 Å². The van der Waals surface area contributed by atoms with Gasteiger partial charge in [0.2, 0.25) is 10.0 Å². The molecule has 1 aromatic carbocycles. The van der Waals surface area contributed by atoms with Crippen LogP contribution in [0.2, 0.25) is 0 Å². The lowest BCUT2D eigenvalue weighted by Gasteiger charge is -2.26. The Morgan fingerprint density at radius 3 is 2.67 bits per heavy atom. The van der Waals surface area contributed by atoms with E-state index in [2.05, 4.69) is 0 Å². The zero-order valence-electron chi connectivity index (χ0n) is 11.6. The van der Waals surface area contributed by atoms with Crippen molar-refractivity contribution in [1.29, 1.82) is 0 Å². The van der Waals surface area contributed by atoms with Crippen molar-refractivity contribution in [2.45, 2.75) is 17.4 Å². The number of esters is 1. The van der Waals surface area contributed by atoms with Gasteiger partial charge in [0.1, 0.15) is 11.8 Å². The Morgan fingerprint density at radius 2 is 2.05 bits per heavy atom. The van der Waals surface area contributed by atoms with Crippen molar-refractivity contribution < 1.29 is 23.1 Å². The molecule has 8 heteroatoms. The van der Waals surface area contributed by atoms with Gasteiger partial charge in [0.15, 0.2) is 0 Å². The minimum absolute atomic E-state index is 0.00936. The number of rotatable bonds is 3. The van der Waals surface area contributed by atoms with Crippen molar-refractivity contribution >= 4 is 27.8 Å². The van der Waals surface area contributed by atoms with Crippen molar-refractivity contribution in [3.8, 4) is 5.75 Å². The normalized spacial score (nSPS) is 20.7. The largest absolute Gasteiger partial charge is 0.508 e. The molecular formula is C13H17NO5S2. The molecule has 0 bridgehead atoms. The molecule has 0 amide bonds. The predicted molar refractivity (Wildman–Crippen MR) is 79.7 cm³/mol. The molecule has 0 aromatic heterocycles. The summed E-state index contributed by atoms with van der Waals surface area (Å²) in [7, 11) is -2.55. The van der Waals surface area contributed by atoms with E-state index in [4.69, 9.17) is 4.74 Å². The van der Waals surface area contributed by atoms with Gasteiger partial charge in [0.05, 0.1) is 12.0 Å². The Morgan fingerprint density at radius 1 is 1.38 bits per heavy atom. The molecule has 0 radical (unpaired) electrons. The molecule has 1 aromatic rings. The summed E-state index contributed by atoms with van der Waals surface area (Å²) in [5.74, 6) is 0.621. The number of thioether (sulfide) groups is 1. The number of hydrogen-bond acceptors (Lipinski definition) is 6. The first-order valence-corrected chi connectivity index (χ1v) is 9.02. The molecule has 1 heterocycles. The lowest BCUT2D eigenvalue weighted by Crippen LogP contribution is -2.46. The van der Waals surface area contributed by atoms with Crippen LogP contribution in [0.25, 0.3) is 0 Å². The highest BCUT2D eigenvalue weighted by molar-refractivity contribution is 7.99. The van der Waals surface area contributed by atoms with Crippen LogP contribution in [0.1, 0.15) is 6.42 Å². The molecule has 1 aliphatic heterocycles. The zero-order chi connectivity index (χ0) is 15.5. The first-order valence-electron chi connectivity index (χ1n) is 6.43. The highest BCUT2D eigenvalue weighted by atomic mass is 32.2. The number of phenolic OH excluding ortho intramolecular Hbond substituents is 1. The van der Waals surface area contributed by atoms with Crippen LogP contribution in [0.3, 0.4) is 0 Å². The minimum atomic E-state index is -3.80. The number of aromatic hydroxyl groups is 1. The number of hydrogen-bond donors (Lipinski definition) is 1. The Hall–Kier alpha value is -1.25. The quantitative estimate of drug-likeness (QED) is 0.834. The monoisotopic (exact) mass is 331 g/mol. The number of ether oxygens (including phenoxy) is 1. The highest BCUT2D eigenvalue weighted by Crippen LogP contribution is 2.25. The third-order valence-corrected chi connectivity index (χ3v) is 6.26. The molecule has 0 unspecified atom stereocenters. The molecule has 1 atom stereocenters. The summed E-state index contributed by atoms with van der Waals surface area (Å²) in [5, 5.41) is 9.27. The molecule has 21 heavy (non-hydrogen) atoms. The molecule has 1 N–H and O–H groups in total. The molecule has 2 rings (SSSR count). The molecule has 0 spiro atoms. The average Bonchev–Trinajstić information content (AvgIpc) is 2.73. The molecule has 0 saturated carbocycles. The summed E-state index contributed by atoms with van der Waals surface area (Å²) < 4.78 is 31.3. The SMILES string of the molecule is COC(=O)[C@H]1CSCCCN1S(=O)(=O)c1ccc(O)cc1. The van der Waals surface area contributed by atoms with Crippen LogP contribution in [0, 0.1) is 0 Å². The number of nitrogens with zero attached hydrogens (tertiary/aromatic N) is 1. The van der Waals surface area contributed by atoms with Crippen molar-refractivity contribution in [3.05, 3.63) is 24.3 Å². The van der Waals surface area contributed by atoms with Crippen LogP contribution < -0.4 is 0 Å². The second-order valence-corrected chi connectivity index (χ2v) is 7.62. The summed E-state index contributed by atoms with van der Waals surface area (Å²) in [6.45, 7) is 0.274. The summed E-state index contributed by atoms with van der Waals surface area (Å²) in [6.07, 6.45) is 0.676. The van der Waals surface area contributed by atoms with E-state index in [1.54, 1.807) is 0 Å². The Kier molecular flexibility index (Phi) is 5.13. The molecule has 1 saturated heterocycles. The van der Waals surface area contributed by atoms with Crippen molar-refractivity contribution in [3.63, 3.8) is 0 Å². The van der Waals surface area contributed by atoms with Crippen LogP contribution in [0.5, 0.6) is 5.75 Å². The summed E-state index contributed by atoms with van der Waals surface area (Å²) in [6, 6.07) is 4.47. The Balaban J connectivity index is 2.38. The van der Waals surface area contributed by atoms with Gasteiger partial charge < -0.3 is 9.84 Å². The van der Waals surface area contributed by atoms with Crippen LogP contribution in [0.15, 0.2) is 29.2 Å². The fourth-order valence-electron chi connectivity index (χ4n) is 2.12. The third-order valence-electron chi connectivity index (χ3n) is 3.21. The van der Waals surface area contributed by atoms with Gasteiger partial charge in [0, 0.05) is 12.3 Å². The van der Waals surface area contributed by atoms with Crippen LogP contribution in [0.4, 0.5) is 0 Å². The first kappa shape index (κ1) is 16.1. The number of methoxy groups -OCH3 is 1. The van der Waals surface area contributed by atoms with Gasteiger partial charge in [-0.1, -0.05) is 0 Å². The molecule has 0 aliphatic carbocycles.